The molecule has 88 valence electrons. The molecule has 1 aromatic rings. The molecule has 0 saturated carbocycles. The molecule has 0 aromatic heterocycles. The summed E-state index contributed by atoms with van der Waals surface area (Å²) in [5.74, 6) is 0. The van der Waals surface area contributed by atoms with Gasteiger partial charge in [-0.2, -0.15) is 0 Å². The highest BCUT2D eigenvalue weighted by molar-refractivity contribution is 6.21. The van der Waals surface area contributed by atoms with Gasteiger partial charge < -0.3 is 0 Å². The van der Waals surface area contributed by atoms with Gasteiger partial charge in [-0.3, -0.25) is 0 Å². The van der Waals surface area contributed by atoms with Crippen molar-refractivity contribution in [2.24, 2.45) is 5.41 Å². The average Bonchev–Trinajstić information content (AvgIpc) is 2.74. The van der Waals surface area contributed by atoms with Gasteiger partial charge in [0.25, 0.3) is 0 Å². The van der Waals surface area contributed by atoms with Crippen molar-refractivity contribution in [2.45, 2.75) is 51.8 Å². The molecule has 1 heteroatoms. The summed E-state index contributed by atoms with van der Waals surface area (Å²) >= 11 is 6.60. The standard InChI is InChI=1S/C15H21Cl/c1-4-15(2,3)14(16)13-9-8-11-6-5-7-12(11)10-13/h8-10,14H,4-7H2,1-3H3. The predicted octanol–water partition coefficient (Wildman–Crippen LogP) is 4.89. The highest BCUT2D eigenvalue weighted by Crippen LogP contribution is 2.42. The van der Waals surface area contributed by atoms with Crippen LogP contribution in [0.25, 0.3) is 0 Å². The van der Waals surface area contributed by atoms with E-state index in [1.165, 1.54) is 36.0 Å². The van der Waals surface area contributed by atoms with E-state index in [0.29, 0.717) is 0 Å². The Balaban J connectivity index is 2.28. The maximum atomic E-state index is 6.60. The summed E-state index contributed by atoms with van der Waals surface area (Å²) in [6, 6.07) is 6.83. The van der Waals surface area contributed by atoms with Crippen LogP contribution in [0, 0.1) is 5.41 Å². The molecule has 2 rings (SSSR count). The minimum absolute atomic E-state index is 0.128. The van der Waals surface area contributed by atoms with Crippen molar-refractivity contribution in [1.82, 2.24) is 0 Å². The second kappa shape index (κ2) is 4.41. The van der Waals surface area contributed by atoms with Crippen LogP contribution in [0.3, 0.4) is 0 Å². The molecule has 0 saturated heterocycles. The van der Waals surface area contributed by atoms with Gasteiger partial charge in [0.15, 0.2) is 0 Å². The van der Waals surface area contributed by atoms with E-state index in [2.05, 4.69) is 39.0 Å². The van der Waals surface area contributed by atoms with E-state index < -0.39 is 0 Å². The van der Waals surface area contributed by atoms with Crippen LogP contribution < -0.4 is 0 Å². The summed E-state index contributed by atoms with van der Waals surface area (Å²) in [6.07, 6.45) is 4.90. The summed E-state index contributed by atoms with van der Waals surface area (Å²) in [5, 5.41) is 0.128. The predicted molar refractivity (Wildman–Crippen MR) is 71.1 cm³/mol. The average molecular weight is 237 g/mol. The Morgan fingerprint density at radius 1 is 1.25 bits per heavy atom. The van der Waals surface area contributed by atoms with Gasteiger partial charge in [0.05, 0.1) is 5.38 Å². The fourth-order valence-electron chi connectivity index (χ4n) is 2.38. The van der Waals surface area contributed by atoms with Crippen molar-refractivity contribution in [3.63, 3.8) is 0 Å². The zero-order chi connectivity index (χ0) is 11.8. The lowest BCUT2D eigenvalue weighted by molar-refractivity contribution is 0.336. The third-order valence-corrected chi connectivity index (χ3v) is 4.86. The van der Waals surface area contributed by atoms with Gasteiger partial charge >= 0.3 is 0 Å². The Labute approximate surface area is 104 Å². The molecule has 1 aromatic carbocycles. The number of halogens is 1. The molecule has 1 atom stereocenters. The molecular formula is C15H21Cl. The molecule has 0 nitrogen and oxygen atoms in total. The summed E-state index contributed by atoms with van der Waals surface area (Å²) in [6.45, 7) is 6.71. The van der Waals surface area contributed by atoms with Gasteiger partial charge in [-0.05, 0) is 47.8 Å². The van der Waals surface area contributed by atoms with Gasteiger partial charge in [-0.15, -0.1) is 11.6 Å². The van der Waals surface area contributed by atoms with Crippen LogP contribution in [0.15, 0.2) is 18.2 Å². The SMILES string of the molecule is CCC(C)(C)C(Cl)c1ccc2c(c1)CCC2. The molecule has 1 unspecified atom stereocenters. The maximum Gasteiger partial charge on any atom is 0.0636 e. The first-order valence-corrected chi connectivity index (χ1v) is 6.74. The Morgan fingerprint density at radius 3 is 2.62 bits per heavy atom. The van der Waals surface area contributed by atoms with Gasteiger partial charge in [0.1, 0.15) is 0 Å². The van der Waals surface area contributed by atoms with Crippen molar-refractivity contribution in [1.29, 1.82) is 0 Å². The molecule has 0 radical (unpaired) electrons. The number of fused-ring (bicyclic) bond motifs is 1. The summed E-state index contributed by atoms with van der Waals surface area (Å²) in [4.78, 5) is 0. The first-order valence-electron chi connectivity index (χ1n) is 6.30. The molecule has 0 spiro atoms. The van der Waals surface area contributed by atoms with E-state index in [4.69, 9.17) is 11.6 Å². The van der Waals surface area contributed by atoms with E-state index in [1.54, 1.807) is 0 Å². The third kappa shape index (κ3) is 2.13. The van der Waals surface area contributed by atoms with E-state index in [1.807, 2.05) is 0 Å². The summed E-state index contributed by atoms with van der Waals surface area (Å²) < 4.78 is 0. The van der Waals surface area contributed by atoms with Gasteiger partial charge in [0, 0.05) is 0 Å². The lowest BCUT2D eigenvalue weighted by Crippen LogP contribution is -2.17. The number of benzene rings is 1. The fourth-order valence-corrected chi connectivity index (χ4v) is 2.67. The number of hydrogen-bond donors (Lipinski definition) is 0. The lowest BCUT2D eigenvalue weighted by Gasteiger charge is -2.29. The van der Waals surface area contributed by atoms with Crippen molar-refractivity contribution in [3.05, 3.63) is 34.9 Å². The quantitative estimate of drug-likeness (QED) is 0.656. The van der Waals surface area contributed by atoms with Gasteiger partial charge in [-0.1, -0.05) is 39.0 Å². The van der Waals surface area contributed by atoms with Gasteiger partial charge in [0.2, 0.25) is 0 Å². The highest BCUT2D eigenvalue weighted by Gasteiger charge is 2.27. The normalized spacial score (nSPS) is 17.2. The smallest absolute Gasteiger partial charge is 0.0636 e. The molecule has 0 amide bonds. The largest absolute Gasteiger partial charge is 0.117 e. The Bertz CT molecular complexity index is 379. The zero-order valence-corrected chi connectivity index (χ0v) is 11.3. The van der Waals surface area contributed by atoms with Gasteiger partial charge in [-0.25, -0.2) is 0 Å². The van der Waals surface area contributed by atoms with Crippen LogP contribution in [-0.4, -0.2) is 0 Å². The minimum Gasteiger partial charge on any atom is -0.117 e. The second-order valence-corrected chi connectivity index (χ2v) is 6.02. The van der Waals surface area contributed by atoms with Crippen molar-refractivity contribution in [2.75, 3.05) is 0 Å². The number of aryl methyl sites for hydroxylation is 2. The number of alkyl halides is 1. The van der Waals surface area contributed by atoms with Crippen LogP contribution >= 0.6 is 11.6 Å². The molecule has 0 heterocycles. The van der Waals surface area contributed by atoms with Crippen LogP contribution in [0.4, 0.5) is 0 Å². The monoisotopic (exact) mass is 236 g/mol. The van der Waals surface area contributed by atoms with Crippen LogP contribution in [-0.2, 0) is 12.8 Å². The molecular weight excluding hydrogens is 216 g/mol. The summed E-state index contributed by atoms with van der Waals surface area (Å²) in [7, 11) is 0. The Kier molecular flexibility index (Phi) is 3.30. The first kappa shape index (κ1) is 12.0. The second-order valence-electron chi connectivity index (χ2n) is 5.59. The molecule has 1 aliphatic carbocycles. The summed E-state index contributed by atoms with van der Waals surface area (Å²) in [5.41, 5.74) is 4.53. The number of hydrogen-bond acceptors (Lipinski definition) is 0. The highest BCUT2D eigenvalue weighted by atomic mass is 35.5. The Morgan fingerprint density at radius 2 is 1.94 bits per heavy atom. The van der Waals surface area contributed by atoms with Crippen LogP contribution in [0.5, 0.6) is 0 Å². The van der Waals surface area contributed by atoms with Crippen molar-refractivity contribution in [3.8, 4) is 0 Å². The third-order valence-electron chi connectivity index (χ3n) is 4.01. The van der Waals surface area contributed by atoms with Crippen LogP contribution in [0.1, 0.15) is 55.7 Å². The molecule has 0 fully saturated rings. The first-order chi connectivity index (χ1) is 7.54. The van der Waals surface area contributed by atoms with E-state index >= 15 is 0 Å². The zero-order valence-electron chi connectivity index (χ0n) is 10.5. The molecule has 0 aliphatic heterocycles. The lowest BCUT2D eigenvalue weighted by atomic mass is 9.82. The number of rotatable bonds is 3. The Hall–Kier alpha value is -0.490. The van der Waals surface area contributed by atoms with E-state index in [9.17, 15) is 0 Å². The van der Waals surface area contributed by atoms with Crippen molar-refractivity contribution < 1.29 is 0 Å². The topological polar surface area (TPSA) is 0 Å². The molecule has 0 bridgehead atoms. The van der Waals surface area contributed by atoms with Crippen LogP contribution in [0.2, 0.25) is 0 Å². The maximum absolute atomic E-state index is 6.60. The molecule has 1 aliphatic rings. The van der Waals surface area contributed by atoms with Crippen molar-refractivity contribution >= 4 is 11.6 Å². The fraction of sp³-hybridized carbons (Fsp3) is 0.600. The van der Waals surface area contributed by atoms with E-state index in [0.717, 1.165) is 6.42 Å². The van der Waals surface area contributed by atoms with E-state index in [-0.39, 0.29) is 10.8 Å². The minimum atomic E-state index is 0.128. The molecule has 0 N–H and O–H groups in total. The molecule has 16 heavy (non-hydrogen) atoms.